The van der Waals surface area contributed by atoms with Crippen LogP contribution in [0.2, 0.25) is 0 Å². The Kier molecular flexibility index (Phi) is 3.93. The van der Waals surface area contributed by atoms with Crippen molar-refractivity contribution < 1.29 is 9.59 Å². The van der Waals surface area contributed by atoms with Gasteiger partial charge in [-0.1, -0.05) is 0 Å². The maximum absolute atomic E-state index is 11.8. The van der Waals surface area contributed by atoms with Crippen LogP contribution in [-0.2, 0) is 16.1 Å². The van der Waals surface area contributed by atoms with E-state index in [0.717, 1.165) is 19.4 Å². The summed E-state index contributed by atoms with van der Waals surface area (Å²) in [6.45, 7) is 1.03. The van der Waals surface area contributed by atoms with Gasteiger partial charge in [-0.2, -0.15) is 5.10 Å². The quantitative estimate of drug-likeness (QED) is 0.661. The fourth-order valence-electron chi connectivity index (χ4n) is 1.88. The lowest BCUT2D eigenvalue weighted by molar-refractivity contribution is -0.121. The summed E-state index contributed by atoms with van der Waals surface area (Å²) in [6, 6.07) is -0.118. The Morgan fingerprint density at radius 3 is 3.11 bits per heavy atom. The van der Waals surface area contributed by atoms with Gasteiger partial charge >= 0.3 is 0 Å². The zero-order valence-corrected chi connectivity index (χ0v) is 10.3. The molecule has 2 amide bonds. The second-order valence-corrected chi connectivity index (χ2v) is 4.24. The first-order valence-corrected chi connectivity index (χ1v) is 5.96. The Hall–Kier alpha value is -1.89. The zero-order valence-electron chi connectivity index (χ0n) is 10.3. The minimum absolute atomic E-state index is 0.0491. The van der Waals surface area contributed by atoms with Crippen molar-refractivity contribution in [1.82, 2.24) is 20.4 Å². The Morgan fingerprint density at radius 2 is 2.44 bits per heavy atom. The predicted molar refractivity (Wildman–Crippen MR) is 65.9 cm³/mol. The third kappa shape index (κ3) is 3.07. The third-order valence-corrected chi connectivity index (χ3v) is 2.86. The molecule has 0 aromatic carbocycles. The molecule has 2 rings (SSSR count). The summed E-state index contributed by atoms with van der Waals surface area (Å²) in [4.78, 5) is 23.0. The minimum Gasteiger partial charge on any atom is -0.358 e. The first-order valence-electron chi connectivity index (χ1n) is 5.96. The number of anilines is 1. The maximum atomic E-state index is 11.8. The van der Waals surface area contributed by atoms with Crippen molar-refractivity contribution >= 4 is 17.5 Å². The lowest BCUT2D eigenvalue weighted by Gasteiger charge is -2.08. The van der Waals surface area contributed by atoms with E-state index in [4.69, 9.17) is 0 Å². The topological polar surface area (TPSA) is 88.0 Å². The lowest BCUT2D eigenvalue weighted by atomic mass is 10.2. The predicted octanol–water partition coefficient (Wildman–Crippen LogP) is -0.680. The molecule has 1 atom stereocenters. The molecule has 7 nitrogen and oxygen atoms in total. The molecule has 18 heavy (non-hydrogen) atoms. The number of nitrogens with one attached hydrogen (secondary N) is 3. The minimum atomic E-state index is -0.131. The molecule has 0 bridgehead atoms. The number of amides is 2. The van der Waals surface area contributed by atoms with Crippen molar-refractivity contribution in [3.8, 4) is 0 Å². The highest BCUT2D eigenvalue weighted by Crippen LogP contribution is 2.10. The number of carbonyl (C=O) groups is 2. The van der Waals surface area contributed by atoms with Gasteiger partial charge in [0.1, 0.15) is 6.54 Å². The van der Waals surface area contributed by atoms with Crippen molar-refractivity contribution in [3.63, 3.8) is 0 Å². The van der Waals surface area contributed by atoms with Crippen molar-refractivity contribution in [2.24, 2.45) is 0 Å². The van der Waals surface area contributed by atoms with E-state index >= 15 is 0 Å². The summed E-state index contributed by atoms with van der Waals surface area (Å²) < 4.78 is 1.48. The van der Waals surface area contributed by atoms with Crippen molar-refractivity contribution in [1.29, 1.82) is 0 Å². The van der Waals surface area contributed by atoms with E-state index in [9.17, 15) is 9.59 Å². The van der Waals surface area contributed by atoms with E-state index in [1.54, 1.807) is 13.2 Å². The van der Waals surface area contributed by atoms with Gasteiger partial charge in [0.05, 0.1) is 17.9 Å². The molecule has 2 heterocycles. The highest BCUT2D eigenvalue weighted by Gasteiger charge is 2.22. The maximum Gasteiger partial charge on any atom is 0.241 e. The summed E-state index contributed by atoms with van der Waals surface area (Å²) in [5.74, 6) is -0.180. The van der Waals surface area contributed by atoms with Crippen LogP contribution < -0.4 is 16.0 Å². The number of hydrogen-bond acceptors (Lipinski definition) is 4. The second-order valence-electron chi connectivity index (χ2n) is 4.24. The van der Waals surface area contributed by atoms with Crippen LogP contribution in [0.5, 0.6) is 0 Å². The Balaban J connectivity index is 1.89. The van der Waals surface area contributed by atoms with E-state index in [1.807, 2.05) is 0 Å². The van der Waals surface area contributed by atoms with Crippen LogP contribution >= 0.6 is 0 Å². The Bertz CT molecular complexity index is 436. The smallest absolute Gasteiger partial charge is 0.241 e. The normalized spacial score (nSPS) is 18.6. The number of hydrogen-bond donors (Lipinski definition) is 3. The molecule has 7 heteroatoms. The molecule has 1 saturated heterocycles. The van der Waals surface area contributed by atoms with Gasteiger partial charge in [-0.3, -0.25) is 14.3 Å². The van der Waals surface area contributed by atoms with Crippen LogP contribution in [0.15, 0.2) is 12.4 Å². The molecular weight excluding hydrogens is 234 g/mol. The van der Waals surface area contributed by atoms with Gasteiger partial charge in [0.2, 0.25) is 11.8 Å². The Labute approximate surface area is 105 Å². The van der Waals surface area contributed by atoms with Crippen LogP contribution in [-0.4, -0.2) is 41.2 Å². The van der Waals surface area contributed by atoms with E-state index in [0.29, 0.717) is 5.69 Å². The van der Waals surface area contributed by atoms with E-state index < -0.39 is 0 Å². The van der Waals surface area contributed by atoms with E-state index in [2.05, 4.69) is 21.0 Å². The molecule has 1 aromatic heterocycles. The van der Waals surface area contributed by atoms with Gasteiger partial charge in [0, 0.05) is 13.2 Å². The summed E-state index contributed by atoms with van der Waals surface area (Å²) in [7, 11) is 1.57. The van der Waals surface area contributed by atoms with Gasteiger partial charge in [-0.25, -0.2) is 0 Å². The molecule has 0 saturated carbocycles. The summed E-state index contributed by atoms with van der Waals surface area (Å²) in [5, 5.41) is 12.4. The van der Waals surface area contributed by atoms with Gasteiger partial charge in [-0.15, -0.1) is 0 Å². The molecule has 0 radical (unpaired) electrons. The molecule has 1 aromatic rings. The summed E-state index contributed by atoms with van der Waals surface area (Å²) >= 11 is 0. The van der Waals surface area contributed by atoms with Gasteiger partial charge in [0.25, 0.3) is 0 Å². The average Bonchev–Trinajstić information content (AvgIpc) is 3.00. The molecule has 1 fully saturated rings. The highest BCUT2D eigenvalue weighted by atomic mass is 16.2. The van der Waals surface area contributed by atoms with Crippen LogP contribution in [0.25, 0.3) is 0 Å². The van der Waals surface area contributed by atoms with Crippen molar-refractivity contribution in [2.75, 3.05) is 18.9 Å². The first-order chi connectivity index (χ1) is 8.69. The van der Waals surface area contributed by atoms with Crippen LogP contribution in [0, 0.1) is 0 Å². The number of carbonyl (C=O) groups excluding carboxylic acids is 2. The monoisotopic (exact) mass is 251 g/mol. The molecule has 0 spiro atoms. The number of aromatic nitrogens is 2. The standard InChI is InChI=1S/C11H17N5O2/c1-12-10(17)7-16-6-8(5-14-16)15-11(18)9-3-2-4-13-9/h5-6,9,13H,2-4,7H2,1H3,(H,12,17)(H,15,18)/t9-/m0/s1. The summed E-state index contributed by atoms with van der Waals surface area (Å²) in [5.41, 5.74) is 0.609. The van der Waals surface area contributed by atoms with Crippen LogP contribution in [0.4, 0.5) is 5.69 Å². The molecule has 98 valence electrons. The molecule has 1 aliphatic heterocycles. The molecule has 1 aliphatic rings. The number of likely N-dealkylation sites (N-methyl/N-ethyl adjacent to an activating group) is 1. The Morgan fingerprint density at radius 1 is 1.61 bits per heavy atom. The average molecular weight is 251 g/mol. The lowest BCUT2D eigenvalue weighted by Crippen LogP contribution is -2.35. The summed E-state index contributed by atoms with van der Waals surface area (Å²) in [6.07, 6.45) is 5.06. The van der Waals surface area contributed by atoms with E-state index in [1.165, 1.54) is 10.9 Å². The molecular formula is C11H17N5O2. The fraction of sp³-hybridized carbons (Fsp3) is 0.545. The van der Waals surface area contributed by atoms with Gasteiger partial charge in [0.15, 0.2) is 0 Å². The van der Waals surface area contributed by atoms with Crippen molar-refractivity contribution in [2.45, 2.75) is 25.4 Å². The van der Waals surface area contributed by atoms with Crippen molar-refractivity contribution in [3.05, 3.63) is 12.4 Å². The second kappa shape index (κ2) is 5.63. The number of nitrogens with zero attached hydrogens (tertiary/aromatic N) is 2. The highest BCUT2D eigenvalue weighted by molar-refractivity contribution is 5.94. The van der Waals surface area contributed by atoms with Crippen LogP contribution in [0.1, 0.15) is 12.8 Å². The first kappa shape index (κ1) is 12.6. The molecule has 0 unspecified atom stereocenters. The molecule has 0 aliphatic carbocycles. The van der Waals surface area contributed by atoms with E-state index in [-0.39, 0.29) is 24.4 Å². The fourth-order valence-corrected chi connectivity index (χ4v) is 1.88. The molecule has 3 N–H and O–H groups in total. The SMILES string of the molecule is CNC(=O)Cn1cc(NC(=O)[C@@H]2CCCN2)cn1. The van der Waals surface area contributed by atoms with Gasteiger partial charge in [-0.05, 0) is 19.4 Å². The number of rotatable bonds is 4. The zero-order chi connectivity index (χ0) is 13.0. The van der Waals surface area contributed by atoms with Crippen LogP contribution in [0.3, 0.4) is 0 Å². The van der Waals surface area contributed by atoms with Gasteiger partial charge < -0.3 is 16.0 Å². The third-order valence-electron chi connectivity index (χ3n) is 2.86. The largest absolute Gasteiger partial charge is 0.358 e.